The first kappa shape index (κ1) is 21.3. The molecule has 5 nitrogen and oxygen atoms in total. The van der Waals surface area contributed by atoms with Crippen molar-refractivity contribution in [1.82, 2.24) is 14.9 Å². The van der Waals surface area contributed by atoms with Crippen LogP contribution in [0.15, 0.2) is 70.6 Å². The molecule has 1 atom stereocenters. The Bertz CT molecular complexity index is 1280. The number of aryl methyl sites for hydroxylation is 2. The zero-order valence-corrected chi connectivity index (χ0v) is 19.2. The molecule has 31 heavy (non-hydrogen) atoms. The van der Waals surface area contributed by atoms with Crippen LogP contribution < -0.4 is 10.9 Å². The van der Waals surface area contributed by atoms with Crippen LogP contribution in [0.25, 0.3) is 15.9 Å². The Balaban J connectivity index is 1.64. The molecule has 4 aromatic rings. The summed E-state index contributed by atoms with van der Waals surface area (Å²) in [4.78, 5) is 32.6. The highest BCUT2D eigenvalue weighted by Gasteiger charge is 2.19. The molecule has 4 rings (SSSR count). The van der Waals surface area contributed by atoms with Crippen molar-refractivity contribution < 1.29 is 4.79 Å². The smallest absolute Gasteiger partial charge is 0.267 e. The van der Waals surface area contributed by atoms with Crippen molar-refractivity contribution in [3.05, 3.63) is 87.0 Å². The van der Waals surface area contributed by atoms with E-state index in [0.717, 1.165) is 21.7 Å². The van der Waals surface area contributed by atoms with Crippen LogP contribution in [0, 0.1) is 13.8 Å². The summed E-state index contributed by atoms with van der Waals surface area (Å²) in [6.07, 6.45) is 0. The second-order valence-electron chi connectivity index (χ2n) is 7.32. The van der Waals surface area contributed by atoms with Gasteiger partial charge in [-0.1, -0.05) is 60.3 Å². The number of carbonyl (C=O) groups is 1. The standard InChI is InChI=1S/C24H23N3O2S2/c1-15-17(3)31-22-21(15)23(29)27(19-12-8-5-9-13-19)24(26-22)30-14-20(28)25-16(2)18-10-6-4-7-11-18/h4-13,16H,14H2,1-3H3,(H,25,28). The van der Waals surface area contributed by atoms with E-state index in [0.29, 0.717) is 15.4 Å². The molecule has 158 valence electrons. The Morgan fingerprint density at radius 2 is 1.74 bits per heavy atom. The number of para-hydroxylation sites is 1. The van der Waals surface area contributed by atoms with E-state index in [9.17, 15) is 9.59 Å². The van der Waals surface area contributed by atoms with Gasteiger partial charge in [-0.05, 0) is 44.0 Å². The van der Waals surface area contributed by atoms with Crippen LogP contribution in [0.5, 0.6) is 0 Å². The predicted molar refractivity (Wildman–Crippen MR) is 128 cm³/mol. The molecule has 0 bridgehead atoms. The van der Waals surface area contributed by atoms with Crippen molar-refractivity contribution in [2.24, 2.45) is 0 Å². The summed E-state index contributed by atoms with van der Waals surface area (Å²) in [6.45, 7) is 5.91. The van der Waals surface area contributed by atoms with Crippen molar-refractivity contribution in [2.45, 2.75) is 32.0 Å². The lowest BCUT2D eigenvalue weighted by atomic mass is 10.1. The first-order chi connectivity index (χ1) is 15.0. The van der Waals surface area contributed by atoms with E-state index in [1.54, 1.807) is 4.57 Å². The number of rotatable bonds is 6. The molecule has 1 amide bonds. The number of fused-ring (bicyclic) bond motifs is 1. The van der Waals surface area contributed by atoms with E-state index in [-0.39, 0.29) is 23.3 Å². The largest absolute Gasteiger partial charge is 0.349 e. The summed E-state index contributed by atoms with van der Waals surface area (Å²) in [5.74, 6) is 0.0690. The molecular formula is C24H23N3O2S2. The fraction of sp³-hybridized carbons (Fsp3) is 0.208. The van der Waals surface area contributed by atoms with Gasteiger partial charge in [-0.2, -0.15) is 0 Å². The molecule has 2 aromatic heterocycles. The van der Waals surface area contributed by atoms with Gasteiger partial charge in [0, 0.05) is 4.88 Å². The van der Waals surface area contributed by atoms with Gasteiger partial charge in [0.15, 0.2) is 5.16 Å². The van der Waals surface area contributed by atoms with Crippen molar-refractivity contribution in [3.63, 3.8) is 0 Å². The van der Waals surface area contributed by atoms with Crippen LogP contribution in [0.1, 0.15) is 29.0 Å². The van der Waals surface area contributed by atoms with Crippen molar-refractivity contribution in [3.8, 4) is 5.69 Å². The summed E-state index contributed by atoms with van der Waals surface area (Å²) in [5.41, 5.74) is 2.66. The number of carbonyl (C=O) groups excluding carboxylic acids is 1. The SMILES string of the molecule is Cc1sc2nc(SCC(=O)NC(C)c3ccccc3)n(-c3ccccc3)c(=O)c2c1C. The quantitative estimate of drug-likeness (QED) is 0.331. The summed E-state index contributed by atoms with van der Waals surface area (Å²) in [6, 6.07) is 19.2. The first-order valence-corrected chi connectivity index (χ1v) is 11.8. The molecule has 2 aromatic carbocycles. The highest BCUT2D eigenvalue weighted by atomic mass is 32.2. The van der Waals surface area contributed by atoms with Crippen LogP contribution >= 0.6 is 23.1 Å². The summed E-state index contributed by atoms with van der Waals surface area (Å²) < 4.78 is 1.61. The van der Waals surface area contributed by atoms with Gasteiger partial charge in [-0.25, -0.2) is 4.98 Å². The maximum absolute atomic E-state index is 13.4. The van der Waals surface area contributed by atoms with E-state index >= 15 is 0 Å². The topological polar surface area (TPSA) is 64.0 Å². The third-order valence-electron chi connectivity index (χ3n) is 5.20. The summed E-state index contributed by atoms with van der Waals surface area (Å²) in [5, 5.41) is 4.19. The van der Waals surface area contributed by atoms with Crippen LogP contribution in [0.2, 0.25) is 0 Å². The van der Waals surface area contributed by atoms with Crippen molar-refractivity contribution in [2.75, 3.05) is 5.75 Å². The predicted octanol–water partition coefficient (Wildman–Crippen LogP) is 5.03. The fourth-order valence-electron chi connectivity index (χ4n) is 3.42. The maximum Gasteiger partial charge on any atom is 0.267 e. The lowest BCUT2D eigenvalue weighted by molar-refractivity contribution is -0.119. The zero-order valence-electron chi connectivity index (χ0n) is 17.6. The summed E-state index contributed by atoms with van der Waals surface area (Å²) >= 11 is 2.79. The Morgan fingerprint density at radius 1 is 1.10 bits per heavy atom. The Labute approximate surface area is 189 Å². The maximum atomic E-state index is 13.4. The van der Waals surface area contributed by atoms with Crippen LogP contribution in [-0.2, 0) is 4.79 Å². The van der Waals surface area contributed by atoms with Gasteiger partial charge in [-0.3, -0.25) is 14.2 Å². The number of thioether (sulfide) groups is 1. The van der Waals surface area contributed by atoms with E-state index in [2.05, 4.69) is 5.32 Å². The molecule has 2 heterocycles. The van der Waals surface area contributed by atoms with Gasteiger partial charge < -0.3 is 5.32 Å². The first-order valence-electron chi connectivity index (χ1n) is 10.0. The van der Waals surface area contributed by atoms with Crippen LogP contribution in [-0.4, -0.2) is 21.2 Å². The molecule has 0 aliphatic rings. The molecule has 7 heteroatoms. The number of hydrogen-bond acceptors (Lipinski definition) is 5. The second kappa shape index (κ2) is 9.08. The van der Waals surface area contributed by atoms with Gasteiger partial charge in [0.2, 0.25) is 5.91 Å². The molecule has 0 fully saturated rings. The van der Waals surface area contributed by atoms with Gasteiger partial charge in [0.05, 0.1) is 22.9 Å². The lowest BCUT2D eigenvalue weighted by Gasteiger charge is -2.15. The number of aromatic nitrogens is 2. The van der Waals surface area contributed by atoms with Gasteiger partial charge in [-0.15, -0.1) is 11.3 Å². The van der Waals surface area contributed by atoms with Crippen molar-refractivity contribution >= 4 is 39.2 Å². The number of nitrogens with zero attached hydrogens (tertiary/aromatic N) is 2. The number of amides is 1. The van der Waals surface area contributed by atoms with Crippen LogP contribution in [0.3, 0.4) is 0 Å². The fourth-order valence-corrected chi connectivity index (χ4v) is 5.31. The van der Waals surface area contributed by atoms with E-state index in [1.807, 2.05) is 81.4 Å². The second-order valence-corrected chi connectivity index (χ2v) is 9.47. The monoisotopic (exact) mass is 449 g/mol. The molecule has 0 spiro atoms. The van der Waals surface area contributed by atoms with E-state index in [4.69, 9.17) is 4.98 Å². The number of hydrogen-bond donors (Lipinski definition) is 1. The molecule has 0 aliphatic carbocycles. The average molecular weight is 450 g/mol. The average Bonchev–Trinajstić information content (AvgIpc) is 3.07. The molecule has 1 unspecified atom stereocenters. The molecule has 0 saturated heterocycles. The molecule has 0 saturated carbocycles. The number of benzene rings is 2. The minimum Gasteiger partial charge on any atom is -0.349 e. The Hall–Kier alpha value is -2.90. The minimum atomic E-state index is -0.103. The third-order valence-corrected chi connectivity index (χ3v) is 7.24. The normalized spacial score (nSPS) is 12.1. The van der Waals surface area contributed by atoms with Gasteiger partial charge >= 0.3 is 0 Å². The van der Waals surface area contributed by atoms with E-state index in [1.165, 1.54) is 23.1 Å². The highest BCUT2D eigenvalue weighted by molar-refractivity contribution is 7.99. The molecule has 0 aliphatic heterocycles. The van der Waals surface area contributed by atoms with Gasteiger partial charge in [0.1, 0.15) is 4.83 Å². The van der Waals surface area contributed by atoms with Crippen molar-refractivity contribution in [1.29, 1.82) is 0 Å². The van der Waals surface area contributed by atoms with Crippen LogP contribution in [0.4, 0.5) is 0 Å². The number of nitrogens with one attached hydrogen (secondary N) is 1. The molecule has 0 radical (unpaired) electrons. The minimum absolute atomic E-state index is 0.0938. The van der Waals surface area contributed by atoms with E-state index < -0.39 is 0 Å². The molecule has 1 N–H and O–H groups in total. The van der Waals surface area contributed by atoms with Gasteiger partial charge in [0.25, 0.3) is 5.56 Å². The Kier molecular flexibility index (Phi) is 6.25. The Morgan fingerprint density at radius 3 is 2.42 bits per heavy atom. The lowest BCUT2D eigenvalue weighted by Crippen LogP contribution is -2.29. The number of thiophene rings is 1. The molecular weight excluding hydrogens is 426 g/mol. The summed E-state index contributed by atoms with van der Waals surface area (Å²) in [7, 11) is 0. The zero-order chi connectivity index (χ0) is 22.0. The third kappa shape index (κ3) is 4.43. The highest BCUT2D eigenvalue weighted by Crippen LogP contribution is 2.29.